The first-order chi connectivity index (χ1) is 9.26. The van der Waals surface area contributed by atoms with E-state index in [9.17, 15) is 0 Å². The summed E-state index contributed by atoms with van der Waals surface area (Å²) in [4.78, 5) is 0. The molecule has 1 aromatic rings. The summed E-state index contributed by atoms with van der Waals surface area (Å²) in [7, 11) is 3.77. The van der Waals surface area contributed by atoms with Crippen LogP contribution in [0, 0.1) is 5.92 Å². The van der Waals surface area contributed by atoms with Crippen LogP contribution in [0.25, 0.3) is 0 Å². The third-order valence-corrected chi connectivity index (χ3v) is 4.67. The zero-order valence-electron chi connectivity index (χ0n) is 11.9. The van der Waals surface area contributed by atoms with Crippen LogP contribution in [0.3, 0.4) is 0 Å². The summed E-state index contributed by atoms with van der Waals surface area (Å²) in [6.07, 6.45) is 8.64. The minimum Gasteiger partial charge on any atom is -0.383 e. The average Bonchev–Trinajstić information content (AvgIpc) is 3.04. The van der Waals surface area contributed by atoms with Crippen molar-refractivity contribution in [2.24, 2.45) is 5.92 Å². The molecule has 1 saturated carbocycles. The third-order valence-electron chi connectivity index (χ3n) is 4.06. The first kappa shape index (κ1) is 15.0. The van der Waals surface area contributed by atoms with Crippen molar-refractivity contribution in [2.75, 3.05) is 20.8 Å². The maximum atomic E-state index is 5.16. The van der Waals surface area contributed by atoms with Gasteiger partial charge in [-0.25, -0.2) is 0 Å². The van der Waals surface area contributed by atoms with Crippen LogP contribution in [0.4, 0.5) is 0 Å². The van der Waals surface area contributed by atoms with Crippen LogP contribution in [0.5, 0.6) is 0 Å². The number of ether oxygens (including phenoxy) is 1. The van der Waals surface area contributed by atoms with Crippen LogP contribution >= 0.6 is 15.9 Å². The van der Waals surface area contributed by atoms with Gasteiger partial charge in [0.15, 0.2) is 0 Å². The molecule has 5 heteroatoms. The normalized spacial score (nSPS) is 18.1. The molecule has 0 amide bonds. The summed E-state index contributed by atoms with van der Waals surface area (Å²) < 4.78 is 8.32. The predicted octanol–water partition coefficient (Wildman–Crippen LogP) is 3.13. The number of rotatable bonds is 7. The molecule has 0 saturated heterocycles. The van der Waals surface area contributed by atoms with E-state index in [1.807, 2.05) is 13.2 Å². The molecular formula is C14H24BrN3O. The Morgan fingerprint density at radius 1 is 1.53 bits per heavy atom. The third kappa shape index (κ3) is 3.80. The first-order valence-corrected chi connectivity index (χ1v) is 7.93. The topological polar surface area (TPSA) is 39.1 Å². The smallest absolute Gasteiger partial charge is 0.0696 e. The number of aromatic nitrogens is 2. The molecule has 2 rings (SSSR count). The first-order valence-electron chi connectivity index (χ1n) is 7.13. The number of halogens is 1. The van der Waals surface area contributed by atoms with Gasteiger partial charge in [0, 0.05) is 7.11 Å². The van der Waals surface area contributed by atoms with E-state index in [-0.39, 0.29) is 0 Å². The molecule has 108 valence electrons. The lowest BCUT2D eigenvalue weighted by atomic mass is 9.96. The van der Waals surface area contributed by atoms with Gasteiger partial charge in [-0.2, -0.15) is 5.10 Å². The van der Waals surface area contributed by atoms with E-state index < -0.39 is 0 Å². The number of nitrogens with one attached hydrogen (secondary N) is 1. The monoisotopic (exact) mass is 329 g/mol. The summed E-state index contributed by atoms with van der Waals surface area (Å²) in [6, 6.07) is 0.372. The lowest BCUT2D eigenvalue weighted by Crippen LogP contribution is -2.24. The summed E-state index contributed by atoms with van der Waals surface area (Å²) in [5.74, 6) is 0.857. The van der Waals surface area contributed by atoms with Gasteiger partial charge in [-0.3, -0.25) is 4.68 Å². The molecule has 1 N–H and O–H groups in total. The van der Waals surface area contributed by atoms with Crippen molar-refractivity contribution in [2.45, 2.75) is 44.7 Å². The molecule has 0 aliphatic heterocycles. The molecule has 1 aliphatic carbocycles. The molecule has 19 heavy (non-hydrogen) atoms. The molecule has 1 aliphatic rings. The van der Waals surface area contributed by atoms with Crippen LogP contribution in [-0.4, -0.2) is 30.5 Å². The summed E-state index contributed by atoms with van der Waals surface area (Å²) in [5.41, 5.74) is 1.26. The van der Waals surface area contributed by atoms with Crippen LogP contribution < -0.4 is 5.32 Å². The van der Waals surface area contributed by atoms with Crippen molar-refractivity contribution < 1.29 is 4.74 Å². The molecule has 1 unspecified atom stereocenters. The average molecular weight is 330 g/mol. The zero-order chi connectivity index (χ0) is 13.7. The highest BCUT2D eigenvalue weighted by molar-refractivity contribution is 9.10. The molecule has 1 heterocycles. The van der Waals surface area contributed by atoms with E-state index in [1.165, 1.54) is 37.8 Å². The fraction of sp³-hybridized carbons (Fsp3) is 0.786. The van der Waals surface area contributed by atoms with Crippen LogP contribution in [0.2, 0.25) is 0 Å². The Bertz CT molecular complexity index is 388. The van der Waals surface area contributed by atoms with Gasteiger partial charge in [-0.15, -0.1) is 0 Å². The van der Waals surface area contributed by atoms with E-state index in [2.05, 4.69) is 31.0 Å². The van der Waals surface area contributed by atoms with Crippen LogP contribution in [-0.2, 0) is 11.3 Å². The number of hydrogen-bond acceptors (Lipinski definition) is 3. The van der Waals surface area contributed by atoms with E-state index in [1.54, 1.807) is 7.11 Å². The fourth-order valence-corrected chi connectivity index (χ4v) is 3.59. The van der Waals surface area contributed by atoms with Crippen molar-refractivity contribution in [3.63, 3.8) is 0 Å². The number of hydrogen-bond donors (Lipinski definition) is 1. The maximum Gasteiger partial charge on any atom is 0.0696 e. The van der Waals surface area contributed by atoms with Gasteiger partial charge in [-0.05, 0) is 35.3 Å². The Labute approximate surface area is 124 Å². The second-order valence-electron chi connectivity index (χ2n) is 5.32. The van der Waals surface area contributed by atoms with Crippen molar-refractivity contribution >= 4 is 15.9 Å². The van der Waals surface area contributed by atoms with Gasteiger partial charge in [-0.1, -0.05) is 25.7 Å². The minimum absolute atomic E-state index is 0.372. The molecule has 0 aromatic carbocycles. The standard InChI is InChI=1S/C14H24BrN3O/c1-16-13(9-11-5-3-4-6-11)14-12(15)10-17-18(14)7-8-19-2/h10-11,13,16H,3-9H2,1-2H3. The Hall–Kier alpha value is -0.390. The maximum absolute atomic E-state index is 5.16. The second kappa shape index (κ2) is 7.41. The van der Waals surface area contributed by atoms with E-state index >= 15 is 0 Å². The highest BCUT2D eigenvalue weighted by Crippen LogP contribution is 2.34. The Morgan fingerprint density at radius 2 is 2.26 bits per heavy atom. The SMILES string of the molecule is CNC(CC1CCCC1)c1c(Br)cnn1CCOC. The molecule has 0 spiro atoms. The molecule has 1 fully saturated rings. The molecular weight excluding hydrogens is 306 g/mol. The van der Waals surface area contributed by atoms with Crippen LogP contribution in [0.1, 0.15) is 43.8 Å². The van der Waals surface area contributed by atoms with Gasteiger partial charge in [0.25, 0.3) is 0 Å². The molecule has 1 aromatic heterocycles. The van der Waals surface area contributed by atoms with Gasteiger partial charge < -0.3 is 10.1 Å². The van der Waals surface area contributed by atoms with Crippen molar-refractivity contribution in [1.29, 1.82) is 0 Å². The highest BCUT2D eigenvalue weighted by atomic mass is 79.9. The van der Waals surface area contributed by atoms with E-state index in [0.29, 0.717) is 12.6 Å². The quantitative estimate of drug-likeness (QED) is 0.835. The van der Waals surface area contributed by atoms with Crippen LogP contribution in [0.15, 0.2) is 10.7 Å². The summed E-state index contributed by atoms with van der Waals surface area (Å²) in [6.45, 7) is 1.50. The molecule has 4 nitrogen and oxygen atoms in total. The van der Waals surface area contributed by atoms with Crippen molar-refractivity contribution in [1.82, 2.24) is 15.1 Å². The van der Waals surface area contributed by atoms with Crippen molar-refractivity contribution in [3.05, 3.63) is 16.4 Å². The Kier molecular flexibility index (Phi) is 5.85. The largest absolute Gasteiger partial charge is 0.383 e. The minimum atomic E-state index is 0.372. The van der Waals surface area contributed by atoms with E-state index in [0.717, 1.165) is 16.9 Å². The lowest BCUT2D eigenvalue weighted by molar-refractivity contribution is 0.181. The van der Waals surface area contributed by atoms with E-state index in [4.69, 9.17) is 4.74 Å². The zero-order valence-corrected chi connectivity index (χ0v) is 13.4. The van der Waals surface area contributed by atoms with Gasteiger partial charge in [0.05, 0.1) is 35.6 Å². The highest BCUT2D eigenvalue weighted by Gasteiger charge is 2.24. The van der Waals surface area contributed by atoms with Gasteiger partial charge >= 0.3 is 0 Å². The van der Waals surface area contributed by atoms with Gasteiger partial charge in [0.1, 0.15) is 0 Å². The van der Waals surface area contributed by atoms with Crippen molar-refractivity contribution in [3.8, 4) is 0 Å². The molecule has 1 atom stereocenters. The fourth-order valence-electron chi connectivity index (χ4n) is 3.02. The Balaban J connectivity index is 2.09. The predicted molar refractivity (Wildman–Crippen MR) is 80.2 cm³/mol. The Morgan fingerprint density at radius 3 is 2.89 bits per heavy atom. The summed E-state index contributed by atoms with van der Waals surface area (Å²) in [5, 5.41) is 7.90. The lowest BCUT2D eigenvalue weighted by Gasteiger charge is -2.22. The number of nitrogens with zero attached hydrogens (tertiary/aromatic N) is 2. The summed E-state index contributed by atoms with van der Waals surface area (Å²) >= 11 is 3.64. The van der Waals surface area contributed by atoms with Gasteiger partial charge in [0.2, 0.25) is 0 Å². The molecule has 0 radical (unpaired) electrons. The molecule has 0 bridgehead atoms. The number of methoxy groups -OCH3 is 1. The second-order valence-corrected chi connectivity index (χ2v) is 6.18.